The Kier molecular flexibility index (Phi) is 15.6. The Bertz CT molecular complexity index is 1720. The van der Waals surface area contributed by atoms with E-state index >= 15 is 0 Å². The summed E-state index contributed by atoms with van der Waals surface area (Å²) in [5, 5.41) is 19.3. The molecule has 55 heavy (non-hydrogen) atoms. The van der Waals surface area contributed by atoms with Crippen LogP contribution in [0.25, 0.3) is 0 Å². The Morgan fingerprint density at radius 2 is 1.76 bits per heavy atom. The third-order valence-electron chi connectivity index (χ3n) is 9.94. The van der Waals surface area contributed by atoms with E-state index in [9.17, 15) is 24.3 Å². The van der Waals surface area contributed by atoms with E-state index in [2.05, 4.69) is 25.8 Å². The molecular weight excluding hydrogens is 702 g/mol. The Morgan fingerprint density at radius 1 is 1.04 bits per heavy atom. The molecule has 0 aliphatic carbocycles. The van der Waals surface area contributed by atoms with E-state index in [4.69, 9.17) is 4.42 Å². The van der Waals surface area contributed by atoms with Crippen LogP contribution in [-0.2, 0) is 40.3 Å². The van der Waals surface area contributed by atoms with Gasteiger partial charge in [-0.2, -0.15) is 0 Å². The minimum absolute atomic E-state index is 0.0551. The van der Waals surface area contributed by atoms with Crippen LogP contribution in [0.5, 0.6) is 0 Å². The zero-order valence-corrected chi connectivity index (χ0v) is 33.3. The standard InChI is InChI=1S/C41H59N7O7/c1-8-28(3)37(48-21-20-46(40(48)53)24-31-17-13-14-29(4)43-31)38(51)44-34(22-30-15-11-10-12-16-30)35(49)26-47(25-33-19-18-32(9-2)55-33)45-36(50)23-41(5,6)27-42-39(52)54-7/h10-19,28,34-35,37,49H,8-9,20-27H2,1-7H3,(H,42,52)(H,44,51)(H,45,50). The van der Waals surface area contributed by atoms with Gasteiger partial charge in [0, 0.05) is 44.7 Å². The third kappa shape index (κ3) is 12.8. The number of amides is 5. The number of nitrogens with zero attached hydrogens (tertiary/aromatic N) is 4. The molecule has 5 amide bonds. The second-order valence-electron chi connectivity index (χ2n) is 15.2. The van der Waals surface area contributed by atoms with Gasteiger partial charge in [-0.1, -0.05) is 77.4 Å². The molecule has 1 aliphatic heterocycles. The first kappa shape index (κ1) is 42.8. The predicted octanol–water partition coefficient (Wildman–Crippen LogP) is 4.59. The highest BCUT2D eigenvalue weighted by Crippen LogP contribution is 2.24. The number of hydrazine groups is 1. The Hall–Kier alpha value is -4.95. The zero-order chi connectivity index (χ0) is 40.1. The van der Waals surface area contributed by atoms with Gasteiger partial charge in [-0.05, 0) is 54.5 Å². The molecule has 0 saturated carbocycles. The summed E-state index contributed by atoms with van der Waals surface area (Å²) in [5.41, 5.74) is 4.87. The first-order valence-corrected chi connectivity index (χ1v) is 19.2. The van der Waals surface area contributed by atoms with Gasteiger partial charge in [-0.3, -0.25) is 20.0 Å². The molecule has 4 N–H and O–H groups in total. The van der Waals surface area contributed by atoms with E-state index in [-0.39, 0.29) is 49.8 Å². The number of hydrogen-bond donors (Lipinski definition) is 4. The number of aliphatic hydroxyl groups is 1. The van der Waals surface area contributed by atoms with Crippen LogP contribution >= 0.6 is 0 Å². The first-order valence-electron chi connectivity index (χ1n) is 19.2. The molecule has 0 bridgehead atoms. The lowest BCUT2D eigenvalue weighted by molar-refractivity contribution is -0.131. The Balaban J connectivity index is 1.55. The van der Waals surface area contributed by atoms with Crippen molar-refractivity contribution in [1.82, 2.24) is 35.9 Å². The SMILES string of the molecule is CCc1ccc(CN(CC(O)C(Cc2ccccc2)NC(=O)C(C(C)CC)N2CCN(Cc3cccc(C)n3)C2=O)NC(=O)CC(C)(C)CNC(=O)OC)o1. The van der Waals surface area contributed by atoms with Gasteiger partial charge in [-0.25, -0.2) is 14.6 Å². The molecule has 14 nitrogen and oxygen atoms in total. The lowest BCUT2D eigenvalue weighted by Crippen LogP contribution is -2.58. The lowest BCUT2D eigenvalue weighted by atomic mass is 9.89. The van der Waals surface area contributed by atoms with Crippen LogP contribution in [0.4, 0.5) is 9.59 Å². The number of aliphatic hydroxyl groups excluding tert-OH is 1. The number of aryl methyl sites for hydroxylation is 2. The highest BCUT2D eigenvalue weighted by atomic mass is 16.5. The van der Waals surface area contributed by atoms with Gasteiger partial charge in [0.1, 0.15) is 17.6 Å². The molecule has 1 aromatic carbocycles. The van der Waals surface area contributed by atoms with Crippen molar-refractivity contribution in [3.05, 3.63) is 89.1 Å². The molecule has 2 aromatic heterocycles. The minimum atomic E-state index is -1.16. The van der Waals surface area contributed by atoms with Crippen LogP contribution in [-0.4, -0.2) is 100 Å². The predicted molar refractivity (Wildman–Crippen MR) is 208 cm³/mol. The van der Waals surface area contributed by atoms with E-state index in [0.29, 0.717) is 44.7 Å². The number of methoxy groups -OCH3 is 1. The number of urea groups is 1. The summed E-state index contributed by atoms with van der Waals surface area (Å²) in [5.74, 6) is 0.522. The molecule has 4 atom stereocenters. The van der Waals surface area contributed by atoms with Crippen molar-refractivity contribution >= 4 is 23.9 Å². The fourth-order valence-electron chi connectivity index (χ4n) is 6.72. The van der Waals surface area contributed by atoms with Gasteiger partial charge in [0.15, 0.2) is 0 Å². The molecule has 4 unspecified atom stereocenters. The van der Waals surface area contributed by atoms with Crippen LogP contribution in [0.3, 0.4) is 0 Å². The summed E-state index contributed by atoms with van der Waals surface area (Å²) < 4.78 is 10.6. The molecule has 300 valence electrons. The van der Waals surface area contributed by atoms with Crippen LogP contribution in [0.1, 0.15) is 75.9 Å². The van der Waals surface area contributed by atoms with Crippen LogP contribution < -0.4 is 16.1 Å². The fourth-order valence-corrected chi connectivity index (χ4v) is 6.72. The molecule has 0 spiro atoms. The topological polar surface area (TPSA) is 170 Å². The van der Waals surface area contributed by atoms with Crippen molar-refractivity contribution in [3.63, 3.8) is 0 Å². The van der Waals surface area contributed by atoms with Crippen molar-refractivity contribution in [2.75, 3.05) is 33.3 Å². The van der Waals surface area contributed by atoms with Crippen molar-refractivity contribution in [2.24, 2.45) is 11.3 Å². The second kappa shape index (κ2) is 20.1. The highest BCUT2D eigenvalue weighted by Gasteiger charge is 2.41. The van der Waals surface area contributed by atoms with Gasteiger partial charge in [0.25, 0.3) is 0 Å². The number of aromatic nitrogens is 1. The van der Waals surface area contributed by atoms with Crippen molar-refractivity contribution in [1.29, 1.82) is 0 Å². The highest BCUT2D eigenvalue weighted by molar-refractivity contribution is 5.88. The largest absolute Gasteiger partial charge is 0.465 e. The fraction of sp³-hybridized carbons (Fsp3) is 0.537. The summed E-state index contributed by atoms with van der Waals surface area (Å²) in [6.07, 6.45) is -0.0377. The summed E-state index contributed by atoms with van der Waals surface area (Å²) in [6, 6.07) is 17.2. The van der Waals surface area contributed by atoms with E-state index in [1.165, 1.54) is 7.11 Å². The molecule has 4 rings (SSSR count). The van der Waals surface area contributed by atoms with Crippen molar-refractivity contribution < 1.29 is 33.4 Å². The monoisotopic (exact) mass is 761 g/mol. The molecule has 1 aliphatic rings. The normalized spacial score (nSPS) is 15.4. The number of alkyl carbamates (subject to hydrolysis) is 1. The third-order valence-corrected chi connectivity index (χ3v) is 9.94. The van der Waals surface area contributed by atoms with E-state index in [0.717, 1.165) is 22.7 Å². The number of benzene rings is 1. The first-order chi connectivity index (χ1) is 26.2. The number of hydrogen-bond acceptors (Lipinski definition) is 9. The maximum absolute atomic E-state index is 14.4. The van der Waals surface area contributed by atoms with Crippen LogP contribution in [0.2, 0.25) is 0 Å². The summed E-state index contributed by atoms with van der Waals surface area (Å²) in [7, 11) is 1.28. The van der Waals surface area contributed by atoms with Crippen LogP contribution in [0.15, 0.2) is 65.1 Å². The number of pyridine rings is 1. The molecular formula is C41H59N7O7. The number of furan rings is 1. The summed E-state index contributed by atoms with van der Waals surface area (Å²) in [4.78, 5) is 61.3. The number of nitrogens with one attached hydrogen (secondary N) is 3. The summed E-state index contributed by atoms with van der Waals surface area (Å²) >= 11 is 0. The molecule has 14 heteroatoms. The van der Waals surface area contributed by atoms with Gasteiger partial charge in [-0.15, -0.1) is 0 Å². The van der Waals surface area contributed by atoms with Gasteiger partial charge >= 0.3 is 12.1 Å². The maximum atomic E-state index is 14.4. The Morgan fingerprint density at radius 3 is 2.42 bits per heavy atom. The number of carbonyl (C=O) groups is 4. The average Bonchev–Trinajstić information content (AvgIpc) is 3.75. The van der Waals surface area contributed by atoms with Crippen molar-refractivity contribution in [3.8, 4) is 0 Å². The maximum Gasteiger partial charge on any atom is 0.406 e. The molecule has 3 heterocycles. The molecule has 0 radical (unpaired) electrons. The van der Waals surface area contributed by atoms with E-state index < -0.39 is 29.7 Å². The number of carbonyl (C=O) groups excluding carboxylic acids is 4. The lowest BCUT2D eigenvalue weighted by Gasteiger charge is -2.35. The van der Waals surface area contributed by atoms with Gasteiger partial charge in [0.05, 0.1) is 38.0 Å². The van der Waals surface area contributed by atoms with E-state index in [1.807, 2.05) is 102 Å². The zero-order valence-electron chi connectivity index (χ0n) is 33.3. The van der Waals surface area contributed by atoms with Gasteiger partial charge < -0.3 is 34.7 Å². The Labute approximate surface area is 324 Å². The molecule has 1 fully saturated rings. The van der Waals surface area contributed by atoms with Crippen molar-refractivity contribution in [2.45, 2.75) is 98.5 Å². The van der Waals surface area contributed by atoms with Crippen LogP contribution in [0, 0.1) is 18.3 Å². The van der Waals surface area contributed by atoms with E-state index in [1.54, 1.807) is 14.8 Å². The average molecular weight is 762 g/mol. The smallest absolute Gasteiger partial charge is 0.406 e. The van der Waals surface area contributed by atoms with Gasteiger partial charge in [0.2, 0.25) is 11.8 Å². The number of ether oxygens (including phenoxy) is 1. The minimum Gasteiger partial charge on any atom is -0.465 e. The second-order valence-corrected chi connectivity index (χ2v) is 15.2. The molecule has 1 saturated heterocycles. The number of rotatable bonds is 20. The molecule has 3 aromatic rings. The quantitative estimate of drug-likeness (QED) is 0.120. The summed E-state index contributed by atoms with van der Waals surface area (Å²) in [6.45, 7) is 13.0.